The number of benzene rings is 1. The van der Waals surface area contributed by atoms with E-state index in [2.05, 4.69) is 30.7 Å². The van der Waals surface area contributed by atoms with Gasteiger partial charge in [-0.15, -0.1) is 0 Å². The van der Waals surface area contributed by atoms with Crippen molar-refractivity contribution in [1.29, 1.82) is 0 Å². The lowest BCUT2D eigenvalue weighted by molar-refractivity contribution is -0.135. The Morgan fingerprint density at radius 1 is 1.18 bits per heavy atom. The Labute approximate surface area is 194 Å². The van der Waals surface area contributed by atoms with Gasteiger partial charge in [-0.2, -0.15) is 5.10 Å². The normalized spacial score (nSPS) is 20.3. The van der Waals surface area contributed by atoms with Crippen molar-refractivity contribution in [2.45, 2.75) is 51.2 Å². The molecule has 7 heteroatoms. The van der Waals surface area contributed by atoms with Crippen molar-refractivity contribution >= 4 is 22.6 Å². The summed E-state index contributed by atoms with van der Waals surface area (Å²) in [5, 5.41) is 7.36. The van der Waals surface area contributed by atoms with Crippen LogP contribution in [-0.2, 0) is 4.79 Å². The molecule has 2 aliphatic heterocycles. The fourth-order valence-electron chi connectivity index (χ4n) is 4.97. The van der Waals surface area contributed by atoms with Gasteiger partial charge in [0.2, 0.25) is 0 Å². The van der Waals surface area contributed by atoms with Gasteiger partial charge in [-0.3, -0.25) is 9.69 Å². The molecule has 0 unspecified atom stereocenters. The molecule has 1 atom stereocenters. The van der Waals surface area contributed by atoms with Gasteiger partial charge in [-0.1, -0.05) is 18.2 Å². The maximum absolute atomic E-state index is 13.4. The van der Waals surface area contributed by atoms with Gasteiger partial charge in [0, 0.05) is 23.9 Å². The zero-order chi connectivity index (χ0) is 22.9. The largest absolute Gasteiger partial charge is 0.467 e. The smallest absolute Gasteiger partial charge is 0.257 e. The van der Waals surface area contributed by atoms with E-state index in [9.17, 15) is 4.79 Å². The monoisotopic (exact) mass is 448 g/mol. The fraction of sp³-hybridized carbons (Fsp3) is 0.462. The van der Waals surface area contributed by atoms with Gasteiger partial charge in [0.05, 0.1) is 12.8 Å². The fourth-order valence-corrected chi connectivity index (χ4v) is 4.97. The number of likely N-dealkylation sites (tertiary alicyclic amines) is 1. The lowest BCUT2D eigenvalue weighted by Crippen LogP contribution is -2.48. The predicted molar refractivity (Wildman–Crippen MR) is 128 cm³/mol. The zero-order valence-corrected chi connectivity index (χ0v) is 19.6. The third-order valence-corrected chi connectivity index (χ3v) is 6.98. The van der Waals surface area contributed by atoms with Crippen molar-refractivity contribution in [1.82, 2.24) is 14.8 Å². The molecule has 7 nitrogen and oxygen atoms in total. The van der Waals surface area contributed by atoms with Crippen LogP contribution in [0.25, 0.3) is 11.0 Å². The van der Waals surface area contributed by atoms with Crippen LogP contribution in [0.15, 0.2) is 62.7 Å². The number of carbonyl (C=O) groups is 1. The topological polar surface area (TPSA) is 65.4 Å². The number of likely N-dealkylation sites (N-methyl/N-ethyl adjacent to an activating group) is 1. The average molecular weight is 449 g/mol. The summed E-state index contributed by atoms with van der Waals surface area (Å²) < 4.78 is 11.7. The summed E-state index contributed by atoms with van der Waals surface area (Å²) in [5.41, 5.74) is 1.59. The molecule has 3 aromatic rings. The molecule has 33 heavy (non-hydrogen) atoms. The Morgan fingerprint density at radius 2 is 1.97 bits per heavy atom. The molecular weight excluding hydrogens is 416 g/mol. The van der Waals surface area contributed by atoms with Crippen LogP contribution in [-0.4, -0.2) is 65.2 Å². The van der Waals surface area contributed by atoms with Gasteiger partial charge in [0.15, 0.2) is 5.76 Å². The first-order chi connectivity index (χ1) is 16.0. The van der Waals surface area contributed by atoms with Crippen molar-refractivity contribution < 1.29 is 13.6 Å². The van der Waals surface area contributed by atoms with E-state index in [4.69, 9.17) is 13.9 Å². The number of amides is 1. The van der Waals surface area contributed by atoms with E-state index in [0.29, 0.717) is 30.8 Å². The average Bonchev–Trinajstić information content (AvgIpc) is 3.57. The Balaban J connectivity index is 1.33. The SMILES string of the molecule is CC(C)N1CCC(N(C)CC(=O)N2N=C(c3cc4ccccc4o3)C[C@@H]2c2ccco2)CC1. The summed E-state index contributed by atoms with van der Waals surface area (Å²) in [7, 11) is 2.05. The van der Waals surface area contributed by atoms with E-state index in [1.807, 2.05) is 42.5 Å². The Hall–Kier alpha value is -2.90. The van der Waals surface area contributed by atoms with Crippen LogP contribution in [0.2, 0.25) is 0 Å². The molecule has 0 saturated carbocycles. The Morgan fingerprint density at radius 3 is 2.67 bits per heavy atom. The molecule has 1 amide bonds. The van der Waals surface area contributed by atoms with E-state index in [0.717, 1.165) is 48.4 Å². The molecule has 2 aliphatic rings. The number of nitrogens with zero attached hydrogens (tertiary/aromatic N) is 4. The van der Waals surface area contributed by atoms with Crippen LogP contribution in [0.3, 0.4) is 0 Å². The Bertz CT molecular complexity index is 1090. The van der Waals surface area contributed by atoms with Crippen molar-refractivity contribution in [3.63, 3.8) is 0 Å². The van der Waals surface area contributed by atoms with Gasteiger partial charge >= 0.3 is 0 Å². The van der Waals surface area contributed by atoms with Crippen molar-refractivity contribution in [2.75, 3.05) is 26.7 Å². The molecule has 0 bridgehead atoms. The number of hydrazone groups is 1. The molecule has 0 spiro atoms. The van der Waals surface area contributed by atoms with Crippen molar-refractivity contribution in [3.05, 3.63) is 60.2 Å². The van der Waals surface area contributed by atoms with Crippen LogP contribution < -0.4 is 0 Å². The van der Waals surface area contributed by atoms with Crippen LogP contribution in [0, 0.1) is 0 Å². The lowest BCUT2D eigenvalue weighted by Gasteiger charge is -2.38. The number of furan rings is 2. The molecule has 5 rings (SSSR count). The van der Waals surface area contributed by atoms with Gasteiger partial charge in [0.1, 0.15) is 23.1 Å². The van der Waals surface area contributed by atoms with Gasteiger partial charge in [-0.25, -0.2) is 5.01 Å². The third kappa shape index (κ3) is 4.48. The van der Waals surface area contributed by atoms with Crippen LogP contribution in [0.4, 0.5) is 0 Å². The first-order valence-corrected chi connectivity index (χ1v) is 11.9. The highest BCUT2D eigenvalue weighted by atomic mass is 16.3. The molecule has 1 fully saturated rings. The second kappa shape index (κ2) is 9.15. The van der Waals surface area contributed by atoms with E-state index < -0.39 is 0 Å². The second-order valence-electron chi connectivity index (χ2n) is 9.44. The quantitative estimate of drug-likeness (QED) is 0.555. The van der Waals surface area contributed by atoms with Crippen LogP contribution in [0.5, 0.6) is 0 Å². The summed E-state index contributed by atoms with van der Waals surface area (Å²) in [5.74, 6) is 1.43. The zero-order valence-electron chi connectivity index (χ0n) is 19.6. The number of fused-ring (bicyclic) bond motifs is 1. The van der Waals surface area contributed by atoms with Crippen LogP contribution >= 0.6 is 0 Å². The second-order valence-corrected chi connectivity index (χ2v) is 9.44. The van der Waals surface area contributed by atoms with Crippen LogP contribution in [0.1, 0.15) is 50.7 Å². The molecule has 4 heterocycles. The van der Waals surface area contributed by atoms with E-state index in [1.54, 1.807) is 11.3 Å². The summed E-state index contributed by atoms with van der Waals surface area (Å²) in [4.78, 5) is 18.1. The number of piperidine rings is 1. The highest BCUT2D eigenvalue weighted by Gasteiger charge is 2.37. The first-order valence-electron chi connectivity index (χ1n) is 11.9. The maximum atomic E-state index is 13.4. The molecule has 0 N–H and O–H groups in total. The minimum Gasteiger partial charge on any atom is -0.467 e. The minimum atomic E-state index is -0.257. The van der Waals surface area contributed by atoms with E-state index >= 15 is 0 Å². The maximum Gasteiger partial charge on any atom is 0.257 e. The van der Waals surface area contributed by atoms with Crippen molar-refractivity contribution in [3.8, 4) is 0 Å². The number of rotatable bonds is 6. The molecule has 2 aromatic heterocycles. The molecule has 1 saturated heterocycles. The molecular formula is C26H32N4O3. The predicted octanol–water partition coefficient (Wildman–Crippen LogP) is 4.51. The first kappa shape index (κ1) is 21.9. The molecule has 0 aliphatic carbocycles. The summed E-state index contributed by atoms with van der Waals surface area (Å²) in [6.07, 6.45) is 4.37. The van der Waals surface area contributed by atoms with E-state index in [1.165, 1.54) is 0 Å². The number of hydrogen-bond donors (Lipinski definition) is 0. The number of carbonyl (C=O) groups excluding carboxylic acids is 1. The van der Waals surface area contributed by atoms with Gasteiger partial charge in [0.25, 0.3) is 5.91 Å². The standard InChI is InChI=1S/C26H32N4O3/c1-18(2)29-12-10-20(11-13-29)28(3)17-26(31)30-22(24-9-6-14-32-24)16-21(27-30)25-15-19-7-4-5-8-23(19)33-25/h4-9,14-15,18,20,22H,10-13,16-17H2,1-3H3/t22-/m1/s1. The number of hydrogen-bond acceptors (Lipinski definition) is 6. The Kier molecular flexibility index (Phi) is 6.08. The molecule has 0 radical (unpaired) electrons. The molecule has 1 aromatic carbocycles. The highest BCUT2D eigenvalue weighted by Crippen LogP contribution is 2.34. The summed E-state index contributed by atoms with van der Waals surface area (Å²) in [6.45, 7) is 6.98. The minimum absolute atomic E-state index is 0.0173. The van der Waals surface area contributed by atoms with E-state index in [-0.39, 0.29) is 11.9 Å². The number of para-hydroxylation sites is 1. The third-order valence-electron chi connectivity index (χ3n) is 6.98. The molecule has 174 valence electrons. The lowest BCUT2D eigenvalue weighted by atomic mass is 10.0. The van der Waals surface area contributed by atoms with Crippen molar-refractivity contribution in [2.24, 2.45) is 5.10 Å². The van der Waals surface area contributed by atoms with Gasteiger partial charge in [-0.05, 0) is 71.1 Å². The summed E-state index contributed by atoms with van der Waals surface area (Å²) >= 11 is 0. The summed E-state index contributed by atoms with van der Waals surface area (Å²) in [6, 6.07) is 14.4. The highest BCUT2D eigenvalue weighted by molar-refractivity contribution is 6.03. The van der Waals surface area contributed by atoms with Gasteiger partial charge < -0.3 is 13.7 Å².